The minimum absolute atomic E-state index is 0. The standard InChI is InChI=1S/C21H29N3O2S.HI/c1-21(2,27(4,25)26)16-24-20(22-3)23-15-19(17-11-7-5-8-12-17)18-13-9-6-10-14-18;/h5-14,19H,15-16H2,1-4H3,(H2,22,23,24);1H. The molecule has 0 aliphatic heterocycles. The Labute approximate surface area is 186 Å². The Morgan fingerprint density at radius 3 is 1.82 bits per heavy atom. The monoisotopic (exact) mass is 515 g/mol. The van der Waals surface area contributed by atoms with Gasteiger partial charge in [0.05, 0.1) is 4.75 Å². The van der Waals surface area contributed by atoms with E-state index in [4.69, 9.17) is 0 Å². The molecular formula is C21H30IN3O2S. The number of nitrogens with zero attached hydrogens (tertiary/aromatic N) is 1. The predicted molar refractivity (Wildman–Crippen MR) is 128 cm³/mol. The molecule has 0 aliphatic carbocycles. The lowest BCUT2D eigenvalue weighted by atomic mass is 9.91. The van der Waals surface area contributed by atoms with Gasteiger partial charge in [0.25, 0.3) is 0 Å². The maximum atomic E-state index is 11.9. The highest BCUT2D eigenvalue weighted by molar-refractivity contribution is 14.0. The lowest BCUT2D eigenvalue weighted by Crippen LogP contribution is -2.48. The SMILES string of the molecule is CN=C(NCC(c1ccccc1)c1ccccc1)NCC(C)(C)S(C)(=O)=O.I. The first-order valence-electron chi connectivity index (χ1n) is 8.98. The van der Waals surface area contributed by atoms with Crippen LogP contribution in [0.3, 0.4) is 0 Å². The highest BCUT2D eigenvalue weighted by atomic mass is 127. The van der Waals surface area contributed by atoms with Crippen LogP contribution in [-0.2, 0) is 9.84 Å². The van der Waals surface area contributed by atoms with Crippen molar-refractivity contribution < 1.29 is 8.42 Å². The van der Waals surface area contributed by atoms with Crippen LogP contribution < -0.4 is 10.6 Å². The van der Waals surface area contributed by atoms with Gasteiger partial charge in [0.15, 0.2) is 15.8 Å². The lowest BCUT2D eigenvalue weighted by Gasteiger charge is -2.25. The molecule has 0 aromatic heterocycles. The average molecular weight is 515 g/mol. The van der Waals surface area contributed by atoms with Crippen LogP contribution in [0.15, 0.2) is 65.7 Å². The number of hydrogen-bond acceptors (Lipinski definition) is 3. The maximum Gasteiger partial charge on any atom is 0.191 e. The molecule has 0 aliphatic rings. The normalized spacial score (nSPS) is 12.4. The molecule has 0 atom stereocenters. The summed E-state index contributed by atoms with van der Waals surface area (Å²) in [6, 6.07) is 20.6. The fraction of sp³-hybridized carbons (Fsp3) is 0.381. The molecular weight excluding hydrogens is 485 g/mol. The van der Waals surface area contributed by atoms with E-state index in [0.29, 0.717) is 12.5 Å². The fourth-order valence-corrected chi connectivity index (χ4v) is 2.98. The third-order valence-corrected chi connectivity index (χ3v) is 6.94. The van der Waals surface area contributed by atoms with E-state index in [-0.39, 0.29) is 36.4 Å². The summed E-state index contributed by atoms with van der Waals surface area (Å²) in [4.78, 5) is 4.23. The Bertz CT molecular complexity index is 814. The van der Waals surface area contributed by atoms with Gasteiger partial charge in [-0.2, -0.15) is 0 Å². The summed E-state index contributed by atoms with van der Waals surface area (Å²) in [5, 5.41) is 6.47. The number of aliphatic imine (C=N–C) groups is 1. The van der Waals surface area contributed by atoms with Crippen molar-refractivity contribution in [2.24, 2.45) is 4.99 Å². The minimum Gasteiger partial charge on any atom is -0.355 e. The number of sulfone groups is 1. The number of halogens is 1. The third kappa shape index (κ3) is 6.77. The summed E-state index contributed by atoms with van der Waals surface area (Å²) in [6.07, 6.45) is 1.26. The summed E-state index contributed by atoms with van der Waals surface area (Å²) in [7, 11) is -1.49. The van der Waals surface area contributed by atoms with E-state index in [1.807, 2.05) is 36.4 Å². The molecule has 0 fully saturated rings. The van der Waals surface area contributed by atoms with Gasteiger partial charge in [-0.3, -0.25) is 4.99 Å². The molecule has 0 spiro atoms. The third-order valence-electron chi connectivity index (χ3n) is 4.79. The van der Waals surface area contributed by atoms with E-state index in [1.54, 1.807) is 20.9 Å². The van der Waals surface area contributed by atoms with Crippen molar-refractivity contribution in [3.05, 3.63) is 71.8 Å². The number of guanidine groups is 1. The molecule has 28 heavy (non-hydrogen) atoms. The van der Waals surface area contributed by atoms with Crippen molar-refractivity contribution in [3.8, 4) is 0 Å². The van der Waals surface area contributed by atoms with Gasteiger partial charge in [-0.15, -0.1) is 24.0 Å². The molecule has 2 aromatic rings. The van der Waals surface area contributed by atoms with Gasteiger partial charge in [0.2, 0.25) is 0 Å². The Balaban J connectivity index is 0.00000392. The molecule has 0 unspecified atom stereocenters. The Morgan fingerprint density at radius 1 is 0.964 bits per heavy atom. The van der Waals surface area contributed by atoms with Crippen molar-refractivity contribution >= 4 is 39.8 Å². The molecule has 0 heterocycles. The predicted octanol–water partition coefficient (Wildman–Crippen LogP) is 3.42. The molecule has 0 radical (unpaired) electrons. The zero-order valence-electron chi connectivity index (χ0n) is 16.8. The Kier molecular flexibility index (Phi) is 9.43. The molecule has 0 bridgehead atoms. The zero-order valence-corrected chi connectivity index (χ0v) is 20.0. The quantitative estimate of drug-likeness (QED) is 0.337. The zero-order chi connectivity index (χ0) is 19.9. The largest absolute Gasteiger partial charge is 0.355 e. The van der Waals surface area contributed by atoms with Gasteiger partial charge in [-0.05, 0) is 25.0 Å². The molecule has 7 heteroatoms. The van der Waals surface area contributed by atoms with Crippen LogP contribution in [0.4, 0.5) is 0 Å². The van der Waals surface area contributed by atoms with Crippen LogP contribution in [0.5, 0.6) is 0 Å². The molecule has 0 saturated heterocycles. The van der Waals surface area contributed by atoms with Crippen molar-refractivity contribution in [2.75, 3.05) is 26.4 Å². The van der Waals surface area contributed by atoms with Gasteiger partial charge >= 0.3 is 0 Å². The minimum atomic E-state index is -3.17. The van der Waals surface area contributed by atoms with E-state index >= 15 is 0 Å². The van der Waals surface area contributed by atoms with Gasteiger partial charge in [-0.1, -0.05) is 60.7 Å². The smallest absolute Gasteiger partial charge is 0.191 e. The first-order chi connectivity index (χ1) is 12.7. The fourth-order valence-electron chi connectivity index (χ4n) is 2.65. The van der Waals surface area contributed by atoms with Crippen molar-refractivity contribution in [3.63, 3.8) is 0 Å². The van der Waals surface area contributed by atoms with Crippen LogP contribution in [0.25, 0.3) is 0 Å². The van der Waals surface area contributed by atoms with Gasteiger partial charge in [-0.25, -0.2) is 8.42 Å². The summed E-state index contributed by atoms with van der Waals surface area (Å²) < 4.78 is 22.9. The van der Waals surface area contributed by atoms with Crippen LogP contribution in [0.2, 0.25) is 0 Å². The number of benzene rings is 2. The van der Waals surface area contributed by atoms with E-state index < -0.39 is 14.6 Å². The van der Waals surface area contributed by atoms with E-state index in [0.717, 1.165) is 0 Å². The highest BCUT2D eigenvalue weighted by Crippen LogP contribution is 2.23. The van der Waals surface area contributed by atoms with Crippen molar-refractivity contribution in [1.29, 1.82) is 0 Å². The highest BCUT2D eigenvalue weighted by Gasteiger charge is 2.30. The summed E-state index contributed by atoms with van der Waals surface area (Å²) in [5.74, 6) is 0.748. The summed E-state index contributed by atoms with van der Waals surface area (Å²) in [5.41, 5.74) is 2.42. The molecule has 0 saturated carbocycles. The first-order valence-corrected chi connectivity index (χ1v) is 10.9. The molecule has 2 N–H and O–H groups in total. The molecule has 2 aromatic carbocycles. The summed E-state index contributed by atoms with van der Waals surface area (Å²) in [6.45, 7) is 4.35. The molecule has 154 valence electrons. The second kappa shape index (κ2) is 10.8. The second-order valence-corrected chi connectivity index (χ2v) is 9.86. The second-order valence-electron chi connectivity index (χ2n) is 7.21. The van der Waals surface area contributed by atoms with E-state index in [9.17, 15) is 8.42 Å². The van der Waals surface area contributed by atoms with E-state index in [2.05, 4.69) is 39.9 Å². The molecule has 2 rings (SSSR count). The number of nitrogens with one attached hydrogen (secondary N) is 2. The maximum absolute atomic E-state index is 11.9. The van der Waals surface area contributed by atoms with Gasteiger partial charge in [0, 0.05) is 32.3 Å². The van der Waals surface area contributed by atoms with Gasteiger partial charge < -0.3 is 10.6 Å². The average Bonchev–Trinajstić information content (AvgIpc) is 2.65. The Morgan fingerprint density at radius 2 is 1.43 bits per heavy atom. The topological polar surface area (TPSA) is 70.6 Å². The van der Waals surface area contributed by atoms with Crippen molar-refractivity contribution in [1.82, 2.24) is 10.6 Å². The lowest BCUT2D eigenvalue weighted by molar-refractivity contribution is 0.544. The van der Waals surface area contributed by atoms with Crippen molar-refractivity contribution in [2.45, 2.75) is 24.5 Å². The first kappa shape index (κ1) is 24.4. The van der Waals surface area contributed by atoms with Gasteiger partial charge in [0.1, 0.15) is 0 Å². The van der Waals surface area contributed by atoms with Crippen LogP contribution in [-0.4, -0.2) is 45.5 Å². The summed E-state index contributed by atoms with van der Waals surface area (Å²) >= 11 is 0. The number of hydrogen-bond donors (Lipinski definition) is 2. The number of rotatable bonds is 7. The van der Waals surface area contributed by atoms with Crippen LogP contribution in [0, 0.1) is 0 Å². The Hall–Kier alpha value is -1.61. The molecule has 0 amide bonds. The van der Waals surface area contributed by atoms with E-state index in [1.165, 1.54) is 17.4 Å². The van der Waals surface area contributed by atoms with Crippen LogP contribution >= 0.6 is 24.0 Å². The molecule has 5 nitrogen and oxygen atoms in total. The van der Waals surface area contributed by atoms with Crippen LogP contribution in [0.1, 0.15) is 30.9 Å².